The molecular formula is C12H15NO3. The fourth-order valence-electron chi connectivity index (χ4n) is 1.81. The van der Waals surface area contributed by atoms with Crippen molar-refractivity contribution in [3.05, 3.63) is 35.9 Å². The number of nitrogens with two attached hydrogens (primary N) is 1. The van der Waals surface area contributed by atoms with Crippen LogP contribution in [0.15, 0.2) is 30.3 Å². The maximum Gasteiger partial charge on any atom is 0.294 e. The molecule has 0 aromatic heterocycles. The summed E-state index contributed by atoms with van der Waals surface area (Å²) in [5.41, 5.74) is 6.07. The highest BCUT2D eigenvalue weighted by molar-refractivity contribution is 5.38. The van der Waals surface area contributed by atoms with E-state index in [1.54, 1.807) is 0 Å². The Morgan fingerprint density at radius 3 is 2.69 bits per heavy atom. The normalized spacial score (nSPS) is 28.2. The smallest absolute Gasteiger partial charge is 0.294 e. The lowest BCUT2D eigenvalue weighted by Crippen LogP contribution is -2.57. The van der Waals surface area contributed by atoms with Gasteiger partial charge in [-0.25, -0.2) is 0 Å². The van der Waals surface area contributed by atoms with Crippen molar-refractivity contribution in [1.82, 2.24) is 0 Å². The highest BCUT2D eigenvalue weighted by Crippen LogP contribution is 2.33. The predicted octanol–water partition coefficient (Wildman–Crippen LogP) is 1.19. The van der Waals surface area contributed by atoms with Crippen LogP contribution in [-0.4, -0.2) is 18.3 Å². The van der Waals surface area contributed by atoms with Gasteiger partial charge in [0.1, 0.15) is 0 Å². The average molecular weight is 221 g/mol. The van der Waals surface area contributed by atoms with E-state index in [0.29, 0.717) is 25.9 Å². The molecule has 0 aliphatic heterocycles. The maximum absolute atomic E-state index is 10.2. The van der Waals surface area contributed by atoms with Gasteiger partial charge < -0.3 is 9.47 Å². The summed E-state index contributed by atoms with van der Waals surface area (Å²) in [7, 11) is 0. The van der Waals surface area contributed by atoms with Gasteiger partial charge in [0, 0.05) is 12.8 Å². The van der Waals surface area contributed by atoms with E-state index in [1.807, 2.05) is 30.3 Å². The third-order valence-corrected chi connectivity index (χ3v) is 2.76. The Morgan fingerprint density at radius 1 is 1.38 bits per heavy atom. The molecule has 0 heterocycles. The van der Waals surface area contributed by atoms with Gasteiger partial charge >= 0.3 is 0 Å². The number of ether oxygens (including phenoxy) is 2. The average Bonchev–Trinajstić information content (AvgIpc) is 2.25. The molecule has 86 valence electrons. The number of hydrogen-bond acceptors (Lipinski definition) is 4. The standard InChI is InChI=1S/C12H15NO3/c13-12(16-9-14)6-11(7-12)15-8-10-4-2-1-3-5-10/h1-5,9,11H,6-8,13H2. The molecule has 0 amide bonds. The van der Waals surface area contributed by atoms with Gasteiger partial charge in [-0.1, -0.05) is 30.3 Å². The van der Waals surface area contributed by atoms with Crippen molar-refractivity contribution in [2.45, 2.75) is 31.3 Å². The van der Waals surface area contributed by atoms with E-state index in [0.717, 1.165) is 5.56 Å². The first-order valence-electron chi connectivity index (χ1n) is 5.28. The number of hydrogen-bond donors (Lipinski definition) is 1. The van der Waals surface area contributed by atoms with Crippen LogP contribution < -0.4 is 5.73 Å². The van der Waals surface area contributed by atoms with Crippen molar-refractivity contribution in [2.24, 2.45) is 5.73 Å². The summed E-state index contributed by atoms with van der Waals surface area (Å²) >= 11 is 0. The summed E-state index contributed by atoms with van der Waals surface area (Å²) in [6.07, 6.45) is 1.22. The first-order valence-corrected chi connectivity index (χ1v) is 5.28. The number of carbonyl (C=O) groups excluding carboxylic acids is 1. The fraction of sp³-hybridized carbons (Fsp3) is 0.417. The van der Waals surface area contributed by atoms with Gasteiger partial charge in [-0.15, -0.1) is 0 Å². The van der Waals surface area contributed by atoms with Gasteiger partial charge in [-0.2, -0.15) is 0 Å². The monoisotopic (exact) mass is 221 g/mol. The van der Waals surface area contributed by atoms with Gasteiger partial charge in [0.25, 0.3) is 6.47 Å². The molecule has 0 unspecified atom stereocenters. The van der Waals surface area contributed by atoms with E-state index >= 15 is 0 Å². The van der Waals surface area contributed by atoms with E-state index in [2.05, 4.69) is 0 Å². The Kier molecular flexibility index (Phi) is 3.22. The number of benzene rings is 1. The van der Waals surface area contributed by atoms with Crippen molar-refractivity contribution < 1.29 is 14.3 Å². The maximum atomic E-state index is 10.2. The van der Waals surface area contributed by atoms with E-state index in [9.17, 15) is 4.79 Å². The molecule has 0 spiro atoms. The minimum Gasteiger partial charge on any atom is -0.446 e. The van der Waals surface area contributed by atoms with Crippen molar-refractivity contribution in [2.75, 3.05) is 0 Å². The molecule has 1 aliphatic rings. The summed E-state index contributed by atoms with van der Waals surface area (Å²) in [4.78, 5) is 10.2. The zero-order valence-corrected chi connectivity index (χ0v) is 8.96. The number of rotatable bonds is 5. The Bertz CT molecular complexity index is 347. The molecule has 1 aliphatic carbocycles. The van der Waals surface area contributed by atoms with Crippen LogP contribution in [0.2, 0.25) is 0 Å². The fourth-order valence-corrected chi connectivity index (χ4v) is 1.81. The van der Waals surface area contributed by atoms with Crippen LogP contribution in [0.1, 0.15) is 18.4 Å². The van der Waals surface area contributed by atoms with Crippen molar-refractivity contribution >= 4 is 6.47 Å². The third-order valence-electron chi connectivity index (χ3n) is 2.76. The topological polar surface area (TPSA) is 61.5 Å². The van der Waals surface area contributed by atoms with E-state index < -0.39 is 5.72 Å². The Labute approximate surface area is 94.3 Å². The largest absolute Gasteiger partial charge is 0.446 e. The zero-order valence-electron chi connectivity index (χ0n) is 8.96. The third kappa shape index (κ3) is 2.59. The molecule has 1 saturated carbocycles. The Morgan fingerprint density at radius 2 is 2.06 bits per heavy atom. The van der Waals surface area contributed by atoms with Crippen LogP contribution in [0, 0.1) is 0 Å². The summed E-state index contributed by atoms with van der Waals surface area (Å²) in [5, 5.41) is 0. The van der Waals surface area contributed by atoms with Crippen LogP contribution in [-0.2, 0) is 20.9 Å². The molecule has 1 fully saturated rings. The second-order valence-electron chi connectivity index (χ2n) is 4.11. The van der Waals surface area contributed by atoms with Crippen molar-refractivity contribution in [1.29, 1.82) is 0 Å². The van der Waals surface area contributed by atoms with Crippen molar-refractivity contribution in [3.63, 3.8) is 0 Å². The molecule has 1 aromatic carbocycles. The molecule has 0 bridgehead atoms. The lowest BCUT2D eigenvalue weighted by Gasteiger charge is -2.42. The van der Waals surface area contributed by atoms with Crippen LogP contribution >= 0.6 is 0 Å². The van der Waals surface area contributed by atoms with E-state index in [-0.39, 0.29) is 6.10 Å². The van der Waals surface area contributed by atoms with E-state index in [4.69, 9.17) is 15.2 Å². The quantitative estimate of drug-likeness (QED) is 0.599. The lowest BCUT2D eigenvalue weighted by molar-refractivity contribution is -0.177. The van der Waals surface area contributed by atoms with Crippen LogP contribution in [0.4, 0.5) is 0 Å². The summed E-state index contributed by atoms with van der Waals surface area (Å²) in [5.74, 6) is 0. The van der Waals surface area contributed by atoms with Crippen LogP contribution in [0.3, 0.4) is 0 Å². The molecule has 16 heavy (non-hydrogen) atoms. The molecule has 0 radical (unpaired) electrons. The highest BCUT2D eigenvalue weighted by Gasteiger charge is 2.43. The van der Waals surface area contributed by atoms with E-state index in [1.165, 1.54) is 0 Å². The molecule has 0 atom stereocenters. The molecule has 4 heteroatoms. The first kappa shape index (κ1) is 11.1. The molecule has 2 N–H and O–H groups in total. The van der Waals surface area contributed by atoms with Crippen molar-refractivity contribution in [3.8, 4) is 0 Å². The summed E-state index contributed by atoms with van der Waals surface area (Å²) in [6.45, 7) is 0.968. The molecule has 0 saturated heterocycles. The van der Waals surface area contributed by atoms with Crippen LogP contribution in [0.5, 0.6) is 0 Å². The first-order chi connectivity index (χ1) is 7.72. The van der Waals surface area contributed by atoms with Gasteiger partial charge in [0.2, 0.25) is 0 Å². The van der Waals surface area contributed by atoms with Gasteiger partial charge in [0.15, 0.2) is 5.72 Å². The minimum absolute atomic E-state index is 0.0881. The second-order valence-corrected chi connectivity index (χ2v) is 4.11. The molecule has 2 rings (SSSR count). The van der Waals surface area contributed by atoms with Gasteiger partial charge in [-0.05, 0) is 5.56 Å². The van der Waals surface area contributed by atoms with Gasteiger partial charge in [-0.3, -0.25) is 10.5 Å². The second kappa shape index (κ2) is 4.63. The molecule has 1 aromatic rings. The minimum atomic E-state index is -0.802. The Hall–Kier alpha value is -1.39. The summed E-state index contributed by atoms with van der Waals surface area (Å²) in [6, 6.07) is 9.94. The van der Waals surface area contributed by atoms with Gasteiger partial charge in [0.05, 0.1) is 12.7 Å². The molecular weight excluding hydrogens is 206 g/mol. The number of carbonyl (C=O) groups is 1. The lowest BCUT2D eigenvalue weighted by atomic mass is 9.85. The Balaban J connectivity index is 1.72. The summed E-state index contributed by atoms with van der Waals surface area (Å²) < 4.78 is 10.4. The predicted molar refractivity (Wildman–Crippen MR) is 58.3 cm³/mol. The SMILES string of the molecule is NC1(OC=O)CC(OCc2ccccc2)C1. The highest BCUT2D eigenvalue weighted by atomic mass is 16.6. The zero-order chi connectivity index (χ0) is 11.4. The van der Waals surface area contributed by atoms with Crippen LogP contribution in [0.25, 0.3) is 0 Å². The molecule has 4 nitrogen and oxygen atoms in total.